The van der Waals surface area contributed by atoms with Crippen LogP contribution in [0.25, 0.3) is 0 Å². The molecule has 37 heavy (non-hydrogen) atoms. The molecule has 0 unspecified atom stereocenters. The van der Waals surface area contributed by atoms with E-state index in [-0.39, 0.29) is 5.69 Å². The number of hydrogen-bond donors (Lipinski definition) is 1. The zero-order chi connectivity index (χ0) is 27.2. The highest BCUT2D eigenvalue weighted by Gasteiger charge is 2.34. The average molecular weight is 554 g/mol. The molecule has 0 radical (unpaired) electrons. The van der Waals surface area contributed by atoms with Crippen LogP contribution in [0.5, 0.6) is 5.75 Å². The lowest BCUT2D eigenvalue weighted by Gasteiger charge is -2.22. The Labute approximate surface area is 217 Å². The van der Waals surface area contributed by atoms with Gasteiger partial charge < -0.3 is 4.74 Å². The fourth-order valence-electron chi connectivity index (χ4n) is 3.13. The van der Waals surface area contributed by atoms with E-state index in [2.05, 4.69) is 10.5 Å². The van der Waals surface area contributed by atoms with E-state index in [1.807, 2.05) is 31.2 Å². The topological polar surface area (TPSA) is 88.1 Å². The van der Waals surface area contributed by atoms with Gasteiger partial charge in [-0.1, -0.05) is 41.4 Å². The monoisotopic (exact) mass is 553 g/mol. The quantitative estimate of drug-likeness (QED) is 0.293. The molecule has 12 heteroatoms. The maximum Gasteiger partial charge on any atom is 0.417 e. The Bertz CT molecular complexity index is 1380. The van der Waals surface area contributed by atoms with Gasteiger partial charge in [0.2, 0.25) is 10.0 Å². The summed E-state index contributed by atoms with van der Waals surface area (Å²) in [5, 5.41) is 3.19. The average Bonchev–Trinajstić information content (AvgIpc) is 2.82. The van der Waals surface area contributed by atoms with Gasteiger partial charge in [-0.05, 0) is 60.5 Å². The number of carbonyl (C=O) groups is 1. The second-order valence-corrected chi connectivity index (χ2v) is 10.4. The van der Waals surface area contributed by atoms with Gasteiger partial charge in [-0.25, -0.2) is 13.8 Å². The lowest BCUT2D eigenvalue weighted by Crippen LogP contribution is -2.39. The number of benzene rings is 3. The fourth-order valence-corrected chi connectivity index (χ4v) is 4.20. The number of aryl methyl sites for hydroxylation is 1. The summed E-state index contributed by atoms with van der Waals surface area (Å²) < 4.78 is 70.2. The standard InChI is InChI=1S/C25H23ClF3N3O4S/c1-17-3-5-19(6-4-17)16-36-21-10-7-18(8-11-21)14-30-31-24(33)15-32(37(2,34)35)20-9-12-23(26)22(13-20)25(27,28)29/h3-14H,15-16H2,1-2H3,(H,31,33)/b30-14-. The number of rotatable bonds is 9. The van der Waals surface area contributed by atoms with Gasteiger partial charge in [-0.15, -0.1) is 0 Å². The van der Waals surface area contributed by atoms with Crippen molar-refractivity contribution >= 4 is 39.4 Å². The molecule has 0 aliphatic carbocycles. The van der Waals surface area contributed by atoms with Crippen molar-refractivity contribution in [3.63, 3.8) is 0 Å². The molecule has 0 aliphatic rings. The minimum atomic E-state index is -4.80. The molecule has 0 heterocycles. The Balaban J connectivity index is 1.60. The lowest BCUT2D eigenvalue weighted by atomic mass is 10.2. The number of nitrogens with one attached hydrogen (secondary N) is 1. The number of carbonyl (C=O) groups excluding carboxylic acids is 1. The van der Waals surface area contributed by atoms with Crippen LogP contribution in [0.4, 0.5) is 18.9 Å². The molecule has 196 valence electrons. The van der Waals surface area contributed by atoms with Crippen LogP contribution in [0, 0.1) is 6.92 Å². The van der Waals surface area contributed by atoms with Crippen LogP contribution < -0.4 is 14.5 Å². The van der Waals surface area contributed by atoms with Gasteiger partial charge in [0.25, 0.3) is 5.91 Å². The minimum Gasteiger partial charge on any atom is -0.489 e. The van der Waals surface area contributed by atoms with Crippen LogP contribution in [0.15, 0.2) is 71.8 Å². The normalized spacial score (nSPS) is 11.9. The molecule has 7 nitrogen and oxygen atoms in total. The van der Waals surface area contributed by atoms with Gasteiger partial charge in [0.05, 0.1) is 28.7 Å². The van der Waals surface area contributed by atoms with Crippen LogP contribution in [0.1, 0.15) is 22.3 Å². The van der Waals surface area contributed by atoms with E-state index in [4.69, 9.17) is 16.3 Å². The summed E-state index contributed by atoms with van der Waals surface area (Å²) in [6.45, 7) is 1.61. The van der Waals surface area contributed by atoms with Crippen LogP contribution in [0.3, 0.4) is 0 Å². The Morgan fingerprint density at radius 1 is 1.08 bits per heavy atom. The van der Waals surface area contributed by atoms with Gasteiger partial charge in [0.1, 0.15) is 18.9 Å². The van der Waals surface area contributed by atoms with Crippen LogP contribution in [-0.2, 0) is 27.6 Å². The van der Waals surface area contributed by atoms with E-state index < -0.39 is 39.2 Å². The van der Waals surface area contributed by atoms with Crippen LogP contribution in [0.2, 0.25) is 5.02 Å². The molecule has 1 N–H and O–H groups in total. The van der Waals surface area contributed by atoms with Crippen molar-refractivity contribution < 1.29 is 31.1 Å². The van der Waals surface area contributed by atoms with Crippen molar-refractivity contribution in [2.24, 2.45) is 5.10 Å². The number of hydrogen-bond acceptors (Lipinski definition) is 5. The van der Waals surface area contributed by atoms with E-state index in [0.29, 0.717) is 28.3 Å². The van der Waals surface area contributed by atoms with Gasteiger partial charge in [0, 0.05) is 0 Å². The highest BCUT2D eigenvalue weighted by atomic mass is 35.5. The molecule has 0 spiro atoms. The molecule has 0 saturated heterocycles. The Morgan fingerprint density at radius 3 is 2.32 bits per heavy atom. The highest BCUT2D eigenvalue weighted by molar-refractivity contribution is 7.92. The zero-order valence-electron chi connectivity index (χ0n) is 19.8. The number of amides is 1. The fraction of sp³-hybridized carbons (Fsp3) is 0.200. The van der Waals surface area contributed by atoms with Crippen molar-refractivity contribution in [3.8, 4) is 5.75 Å². The maximum atomic E-state index is 13.2. The largest absolute Gasteiger partial charge is 0.489 e. The number of anilines is 1. The molecule has 1 amide bonds. The number of halogens is 4. The first-order chi connectivity index (χ1) is 17.3. The third-order valence-corrected chi connectivity index (χ3v) is 6.51. The SMILES string of the molecule is Cc1ccc(COc2ccc(/C=N\NC(=O)CN(c3ccc(Cl)c(C(F)(F)F)c3)S(C)(=O)=O)cc2)cc1. The second-order valence-electron chi connectivity index (χ2n) is 8.07. The van der Waals surface area contributed by atoms with E-state index in [0.717, 1.165) is 29.5 Å². The third kappa shape index (κ3) is 8.22. The Hall–Kier alpha value is -3.57. The first kappa shape index (κ1) is 28.0. The number of nitrogens with zero attached hydrogens (tertiary/aromatic N) is 2. The molecule has 0 bridgehead atoms. The lowest BCUT2D eigenvalue weighted by molar-refractivity contribution is -0.137. The molecule has 3 aromatic carbocycles. The minimum absolute atomic E-state index is 0.361. The van der Waals surface area contributed by atoms with E-state index >= 15 is 0 Å². The van der Waals surface area contributed by atoms with E-state index in [1.54, 1.807) is 24.3 Å². The molecule has 0 fully saturated rings. The highest BCUT2D eigenvalue weighted by Crippen LogP contribution is 2.37. The first-order valence-electron chi connectivity index (χ1n) is 10.8. The molecule has 3 aromatic rings. The molecule has 0 aromatic heterocycles. The van der Waals surface area contributed by atoms with Crippen molar-refractivity contribution in [2.75, 3.05) is 17.1 Å². The number of alkyl halides is 3. The first-order valence-corrected chi connectivity index (χ1v) is 13.0. The summed E-state index contributed by atoms with van der Waals surface area (Å²) in [6.07, 6.45) is -2.70. The number of ether oxygens (including phenoxy) is 1. The summed E-state index contributed by atoms with van der Waals surface area (Å²) in [5.41, 5.74) is 3.39. The summed E-state index contributed by atoms with van der Waals surface area (Å²) >= 11 is 5.60. The summed E-state index contributed by atoms with van der Waals surface area (Å²) in [5.74, 6) is -0.227. The Kier molecular flexibility index (Phi) is 8.82. The van der Waals surface area contributed by atoms with Crippen LogP contribution >= 0.6 is 11.6 Å². The van der Waals surface area contributed by atoms with Crippen LogP contribution in [-0.4, -0.2) is 33.3 Å². The molecule has 0 atom stereocenters. The van der Waals surface area contributed by atoms with E-state index in [9.17, 15) is 26.4 Å². The van der Waals surface area contributed by atoms with Crippen molar-refractivity contribution in [1.29, 1.82) is 0 Å². The van der Waals surface area contributed by atoms with Crippen molar-refractivity contribution in [3.05, 3.63) is 94.0 Å². The zero-order valence-corrected chi connectivity index (χ0v) is 21.4. The molecular formula is C25H23ClF3N3O4S. The maximum absolute atomic E-state index is 13.2. The number of sulfonamides is 1. The number of hydrazone groups is 1. The summed E-state index contributed by atoms with van der Waals surface area (Å²) in [6, 6.07) is 17.4. The Morgan fingerprint density at radius 2 is 1.73 bits per heavy atom. The second kappa shape index (κ2) is 11.7. The van der Waals surface area contributed by atoms with Crippen molar-refractivity contribution in [1.82, 2.24) is 5.43 Å². The molecule has 3 rings (SSSR count). The van der Waals surface area contributed by atoms with Gasteiger partial charge in [-0.2, -0.15) is 18.3 Å². The predicted octanol–water partition coefficient (Wildman–Crippen LogP) is 5.16. The third-order valence-electron chi connectivity index (χ3n) is 5.04. The van der Waals surface area contributed by atoms with E-state index in [1.165, 1.54) is 6.21 Å². The summed E-state index contributed by atoms with van der Waals surface area (Å²) in [7, 11) is -4.10. The molecule has 0 saturated carbocycles. The summed E-state index contributed by atoms with van der Waals surface area (Å²) in [4.78, 5) is 12.3. The van der Waals surface area contributed by atoms with Crippen molar-refractivity contribution in [2.45, 2.75) is 19.7 Å². The molecule has 0 aliphatic heterocycles. The van der Waals surface area contributed by atoms with Gasteiger partial charge >= 0.3 is 6.18 Å². The smallest absolute Gasteiger partial charge is 0.417 e. The molecular weight excluding hydrogens is 531 g/mol. The van der Waals surface area contributed by atoms with Gasteiger partial charge in [0.15, 0.2) is 0 Å². The van der Waals surface area contributed by atoms with Gasteiger partial charge in [-0.3, -0.25) is 9.10 Å². The predicted molar refractivity (Wildman–Crippen MR) is 136 cm³/mol.